The van der Waals surface area contributed by atoms with Gasteiger partial charge >= 0.3 is 0 Å². The second-order valence-electron chi connectivity index (χ2n) is 3.55. The molecule has 2 saturated heterocycles. The Morgan fingerprint density at radius 3 is 2.14 bits per heavy atom. The van der Waals surface area contributed by atoms with E-state index in [0.29, 0.717) is 11.8 Å². The Bertz CT molecular complexity index is 147. The van der Waals surface area contributed by atoms with Crippen LogP contribution in [0.25, 0.3) is 0 Å². The van der Waals surface area contributed by atoms with E-state index in [0.717, 1.165) is 13.2 Å². The number of ether oxygens (including phenoxy) is 2. The minimum absolute atomic E-state index is 0.223. The molecule has 2 nitrogen and oxygen atoms in total. The average molecular weight is 202 g/mol. The molecule has 1 unspecified atom stereocenters. The smallest absolute Gasteiger partial charge is 0.168 e. The first-order valence-electron chi connectivity index (χ1n) is 6.00. The van der Waals surface area contributed by atoms with Crippen molar-refractivity contribution in [2.45, 2.75) is 53.8 Å². The van der Waals surface area contributed by atoms with Crippen molar-refractivity contribution in [3.8, 4) is 0 Å². The third kappa shape index (κ3) is 2.71. The molecule has 2 aliphatic rings. The van der Waals surface area contributed by atoms with Crippen molar-refractivity contribution < 1.29 is 9.47 Å². The van der Waals surface area contributed by atoms with Gasteiger partial charge in [-0.3, -0.25) is 0 Å². The highest BCUT2D eigenvalue weighted by Crippen LogP contribution is 2.43. The molecule has 0 aromatic rings. The predicted molar refractivity (Wildman–Crippen MR) is 60.3 cm³/mol. The van der Waals surface area contributed by atoms with E-state index >= 15 is 0 Å². The summed E-state index contributed by atoms with van der Waals surface area (Å²) in [6.45, 7) is 14.1. The molecule has 0 N–H and O–H groups in total. The van der Waals surface area contributed by atoms with Crippen molar-refractivity contribution >= 4 is 0 Å². The standard InChI is InChI=1S/C8H14O2.2C2H6/c1-6-5-10-8(2)7(6)3-4-9-8;2*1-2/h6-7H,3-5H2,1-2H3;2*1-2H3/t6?,7-,8+;;/m1../s1. The number of rotatable bonds is 0. The molecule has 0 bridgehead atoms. The van der Waals surface area contributed by atoms with Gasteiger partial charge in [0.25, 0.3) is 0 Å². The van der Waals surface area contributed by atoms with E-state index in [9.17, 15) is 0 Å². The summed E-state index contributed by atoms with van der Waals surface area (Å²) >= 11 is 0. The summed E-state index contributed by atoms with van der Waals surface area (Å²) in [6, 6.07) is 0. The Balaban J connectivity index is 0.000000379. The normalized spacial score (nSPS) is 39.0. The van der Waals surface area contributed by atoms with Crippen molar-refractivity contribution in [2.75, 3.05) is 13.2 Å². The van der Waals surface area contributed by atoms with Crippen molar-refractivity contribution in [3.63, 3.8) is 0 Å². The maximum atomic E-state index is 5.55. The second-order valence-corrected chi connectivity index (χ2v) is 3.55. The van der Waals surface area contributed by atoms with E-state index in [2.05, 4.69) is 13.8 Å². The molecule has 2 heterocycles. The molecule has 0 aliphatic carbocycles. The van der Waals surface area contributed by atoms with Crippen LogP contribution in [0.2, 0.25) is 0 Å². The molecular weight excluding hydrogens is 176 g/mol. The molecule has 0 aromatic carbocycles. The fourth-order valence-electron chi connectivity index (χ4n) is 2.12. The van der Waals surface area contributed by atoms with Crippen LogP contribution in [0.5, 0.6) is 0 Å². The lowest BCUT2D eigenvalue weighted by molar-refractivity contribution is -0.181. The molecule has 2 fully saturated rings. The van der Waals surface area contributed by atoms with Gasteiger partial charge < -0.3 is 9.47 Å². The first-order valence-corrected chi connectivity index (χ1v) is 6.00. The molecule has 2 aliphatic heterocycles. The quantitative estimate of drug-likeness (QED) is 0.599. The van der Waals surface area contributed by atoms with Gasteiger partial charge in [-0.05, 0) is 19.3 Å². The molecule has 3 atom stereocenters. The topological polar surface area (TPSA) is 18.5 Å². The van der Waals surface area contributed by atoms with Gasteiger partial charge in [0.2, 0.25) is 0 Å². The summed E-state index contributed by atoms with van der Waals surface area (Å²) in [6.07, 6.45) is 1.18. The van der Waals surface area contributed by atoms with Crippen molar-refractivity contribution in [3.05, 3.63) is 0 Å². The summed E-state index contributed by atoms with van der Waals surface area (Å²) in [5.41, 5.74) is 0. The maximum absolute atomic E-state index is 5.55. The van der Waals surface area contributed by atoms with Crippen molar-refractivity contribution in [1.82, 2.24) is 0 Å². The van der Waals surface area contributed by atoms with E-state index in [1.807, 2.05) is 27.7 Å². The van der Waals surface area contributed by atoms with E-state index in [1.165, 1.54) is 6.42 Å². The highest BCUT2D eigenvalue weighted by molar-refractivity contribution is 4.89. The van der Waals surface area contributed by atoms with Crippen LogP contribution in [0.4, 0.5) is 0 Å². The van der Waals surface area contributed by atoms with E-state index in [4.69, 9.17) is 9.47 Å². The van der Waals surface area contributed by atoms with Gasteiger partial charge in [-0.15, -0.1) is 0 Å². The van der Waals surface area contributed by atoms with Crippen LogP contribution in [0, 0.1) is 11.8 Å². The summed E-state index contributed by atoms with van der Waals surface area (Å²) in [7, 11) is 0. The van der Waals surface area contributed by atoms with Crippen LogP contribution in [0.3, 0.4) is 0 Å². The predicted octanol–water partition coefficient (Wildman–Crippen LogP) is 3.46. The summed E-state index contributed by atoms with van der Waals surface area (Å²) in [5, 5.41) is 0. The molecular formula is C12H26O2. The summed E-state index contributed by atoms with van der Waals surface area (Å²) in [5.74, 6) is 1.11. The highest BCUT2D eigenvalue weighted by atomic mass is 16.7. The average Bonchev–Trinajstić information content (AvgIpc) is 2.74. The zero-order valence-electron chi connectivity index (χ0n) is 10.6. The third-order valence-corrected chi connectivity index (χ3v) is 2.81. The number of fused-ring (bicyclic) bond motifs is 1. The molecule has 0 saturated carbocycles. The van der Waals surface area contributed by atoms with Crippen LogP contribution in [-0.2, 0) is 9.47 Å². The fraction of sp³-hybridized carbons (Fsp3) is 1.00. The van der Waals surface area contributed by atoms with E-state index < -0.39 is 0 Å². The van der Waals surface area contributed by atoms with Crippen LogP contribution in [0.1, 0.15) is 48.0 Å². The highest BCUT2D eigenvalue weighted by Gasteiger charge is 2.49. The molecule has 86 valence electrons. The third-order valence-electron chi connectivity index (χ3n) is 2.81. The van der Waals surface area contributed by atoms with E-state index in [-0.39, 0.29) is 5.79 Å². The Hall–Kier alpha value is -0.0800. The van der Waals surface area contributed by atoms with Gasteiger partial charge in [-0.2, -0.15) is 0 Å². The monoisotopic (exact) mass is 202 g/mol. The molecule has 0 radical (unpaired) electrons. The van der Waals surface area contributed by atoms with Gasteiger partial charge in [0.05, 0.1) is 13.2 Å². The second kappa shape index (κ2) is 6.41. The zero-order valence-corrected chi connectivity index (χ0v) is 10.6. The van der Waals surface area contributed by atoms with Crippen LogP contribution < -0.4 is 0 Å². The molecule has 2 rings (SSSR count). The molecule has 0 amide bonds. The molecule has 14 heavy (non-hydrogen) atoms. The maximum Gasteiger partial charge on any atom is 0.168 e. The Morgan fingerprint density at radius 2 is 1.64 bits per heavy atom. The number of hydrogen-bond donors (Lipinski definition) is 0. The largest absolute Gasteiger partial charge is 0.350 e. The fourth-order valence-corrected chi connectivity index (χ4v) is 2.12. The Labute approximate surface area is 89.0 Å². The number of hydrogen-bond acceptors (Lipinski definition) is 2. The lowest BCUT2D eigenvalue weighted by Crippen LogP contribution is -2.29. The zero-order chi connectivity index (χ0) is 11.2. The first kappa shape index (κ1) is 13.9. The van der Waals surface area contributed by atoms with E-state index in [1.54, 1.807) is 0 Å². The molecule has 2 heteroatoms. The minimum Gasteiger partial charge on any atom is -0.350 e. The summed E-state index contributed by atoms with van der Waals surface area (Å²) in [4.78, 5) is 0. The van der Waals surface area contributed by atoms with Gasteiger partial charge in [-0.1, -0.05) is 34.6 Å². The van der Waals surface area contributed by atoms with Crippen molar-refractivity contribution in [1.29, 1.82) is 0 Å². The minimum atomic E-state index is -0.223. The lowest BCUT2D eigenvalue weighted by Gasteiger charge is -2.22. The molecule has 0 aromatic heterocycles. The van der Waals surface area contributed by atoms with Gasteiger partial charge in [0, 0.05) is 5.92 Å². The molecule has 0 spiro atoms. The van der Waals surface area contributed by atoms with Crippen LogP contribution in [-0.4, -0.2) is 19.0 Å². The van der Waals surface area contributed by atoms with Gasteiger partial charge in [0.15, 0.2) is 5.79 Å². The summed E-state index contributed by atoms with van der Waals surface area (Å²) < 4.78 is 11.1. The van der Waals surface area contributed by atoms with Crippen LogP contribution in [0.15, 0.2) is 0 Å². The van der Waals surface area contributed by atoms with Gasteiger partial charge in [-0.25, -0.2) is 0 Å². The van der Waals surface area contributed by atoms with Crippen LogP contribution >= 0.6 is 0 Å². The van der Waals surface area contributed by atoms with Crippen molar-refractivity contribution in [2.24, 2.45) is 11.8 Å². The Morgan fingerprint density at radius 1 is 1.07 bits per heavy atom. The van der Waals surface area contributed by atoms with Gasteiger partial charge in [0.1, 0.15) is 0 Å². The SMILES string of the molecule is CC.CC.CC1CO[C@]2(C)OCC[C@H]12. The first-order chi connectivity index (χ1) is 6.72. The Kier molecular flexibility index (Phi) is 6.38. The lowest BCUT2D eigenvalue weighted by atomic mass is 9.90.